The van der Waals surface area contributed by atoms with Crippen LogP contribution in [0.5, 0.6) is 0 Å². The lowest BCUT2D eigenvalue weighted by atomic mass is 10.0. The van der Waals surface area contributed by atoms with Gasteiger partial charge in [0, 0.05) is 24.5 Å². The largest absolute Gasteiger partial charge is 0.379 e. The lowest BCUT2D eigenvalue weighted by Gasteiger charge is -2.32. The van der Waals surface area contributed by atoms with Crippen LogP contribution in [0.1, 0.15) is 36.2 Å². The van der Waals surface area contributed by atoms with Gasteiger partial charge in [0.1, 0.15) is 6.10 Å². The van der Waals surface area contributed by atoms with Crippen LogP contribution >= 0.6 is 0 Å². The van der Waals surface area contributed by atoms with Gasteiger partial charge in [0.2, 0.25) is 5.91 Å². The van der Waals surface area contributed by atoms with Crippen molar-refractivity contribution in [1.82, 2.24) is 15.5 Å². The predicted molar refractivity (Wildman–Crippen MR) is 81.6 cm³/mol. The topological polar surface area (TPSA) is 76.2 Å². The molecule has 1 saturated carbocycles. The number of nitrogens with one attached hydrogen (secondary N) is 2. The minimum Gasteiger partial charge on any atom is -0.379 e. The Morgan fingerprint density at radius 3 is 2.91 bits per heavy atom. The van der Waals surface area contributed by atoms with Crippen molar-refractivity contribution in [3.8, 4) is 0 Å². The van der Waals surface area contributed by atoms with E-state index >= 15 is 0 Å². The molecule has 2 heterocycles. The minimum absolute atomic E-state index is 0.0233. The van der Waals surface area contributed by atoms with Crippen molar-refractivity contribution in [2.45, 2.75) is 51.7 Å². The Kier molecular flexibility index (Phi) is 4.78. The number of carbonyl (C=O) groups is 1. The molecular weight excluding hydrogens is 282 g/mol. The molecule has 6 heteroatoms. The first-order valence-corrected chi connectivity index (χ1v) is 8.12. The second-order valence-corrected chi connectivity index (χ2v) is 6.44. The van der Waals surface area contributed by atoms with Gasteiger partial charge in [-0.05, 0) is 39.0 Å². The van der Waals surface area contributed by atoms with Gasteiger partial charge in [-0.25, -0.2) is 0 Å². The van der Waals surface area contributed by atoms with Crippen molar-refractivity contribution in [2.75, 3.05) is 19.8 Å². The Balaban J connectivity index is 1.53. The molecule has 1 amide bonds. The summed E-state index contributed by atoms with van der Waals surface area (Å²) < 4.78 is 11.4. The van der Waals surface area contributed by atoms with Gasteiger partial charge in [-0.2, -0.15) is 5.10 Å². The monoisotopic (exact) mass is 307 g/mol. The van der Waals surface area contributed by atoms with Crippen molar-refractivity contribution in [1.29, 1.82) is 0 Å². The molecule has 0 unspecified atom stereocenters. The smallest absolute Gasteiger partial charge is 0.224 e. The summed E-state index contributed by atoms with van der Waals surface area (Å²) in [4.78, 5) is 12.3. The van der Waals surface area contributed by atoms with E-state index < -0.39 is 0 Å². The fraction of sp³-hybridized carbons (Fsp3) is 0.750. The number of aryl methyl sites for hydroxylation is 2. The zero-order valence-electron chi connectivity index (χ0n) is 13.4. The first-order valence-electron chi connectivity index (χ1n) is 8.12. The van der Waals surface area contributed by atoms with Crippen molar-refractivity contribution >= 4 is 5.91 Å². The lowest BCUT2D eigenvalue weighted by Crippen LogP contribution is -2.50. The molecule has 1 aliphatic heterocycles. The molecule has 2 atom stereocenters. The van der Waals surface area contributed by atoms with Crippen LogP contribution in [0.25, 0.3) is 0 Å². The van der Waals surface area contributed by atoms with Crippen LogP contribution in [-0.4, -0.2) is 48.1 Å². The van der Waals surface area contributed by atoms with Gasteiger partial charge in [-0.3, -0.25) is 9.89 Å². The number of hydrogen-bond acceptors (Lipinski definition) is 4. The number of aromatic amines is 1. The molecule has 2 aliphatic rings. The molecule has 0 aromatic carbocycles. The van der Waals surface area contributed by atoms with E-state index in [2.05, 4.69) is 15.5 Å². The van der Waals surface area contributed by atoms with Gasteiger partial charge in [-0.15, -0.1) is 0 Å². The summed E-state index contributed by atoms with van der Waals surface area (Å²) in [5.41, 5.74) is 2.84. The molecule has 1 aromatic heterocycles. The number of rotatable bonds is 6. The molecule has 2 N–H and O–H groups in total. The lowest BCUT2D eigenvalue weighted by molar-refractivity contribution is -0.125. The quantitative estimate of drug-likeness (QED) is 0.830. The third kappa shape index (κ3) is 3.87. The zero-order chi connectivity index (χ0) is 15.5. The van der Waals surface area contributed by atoms with Gasteiger partial charge >= 0.3 is 0 Å². The third-order valence-electron chi connectivity index (χ3n) is 4.51. The average molecular weight is 307 g/mol. The zero-order valence-corrected chi connectivity index (χ0v) is 13.4. The van der Waals surface area contributed by atoms with E-state index in [1.165, 1.54) is 12.8 Å². The summed E-state index contributed by atoms with van der Waals surface area (Å²) in [6.07, 6.45) is 3.68. The third-order valence-corrected chi connectivity index (χ3v) is 4.51. The molecule has 122 valence electrons. The van der Waals surface area contributed by atoms with Crippen LogP contribution < -0.4 is 5.32 Å². The van der Waals surface area contributed by atoms with Crippen LogP contribution in [0.3, 0.4) is 0 Å². The number of carbonyl (C=O) groups excluding carboxylic acids is 1. The summed E-state index contributed by atoms with van der Waals surface area (Å²) in [5, 5.41) is 10.2. The van der Waals surface area contributed by atoms with Gasteiger partial charge in [0.25, 0.3) is 0 Å². The molecule has 0 bridgehead atoms. The molecule has 1 aliphatic carbocycles. The van der Waals surface area contributed by atoms with Crippen LogP contribution in [0, 0.1) is 19.8 Å². The van der Waals surface area contributed by atoms with Crippen molar-refractivity contribution < 1.29 is 14.3 Å². The van der Waals surface area contributed by atoms with Crippen LogP contribution in [-0.2, 0) is 20.7 Å². The maximum absolute atomic E-state index is 12.3. The van der Waals surface area contributed by atoms with E-state index in [1.807, 2.05) is 13.8 Å². The summed E-state index contributed by atoms with van der Waals surface area (Å²) in [6.45, 7) is 5.90. The Hall–Kier alpha value is -1.40. The van der Waals surface area contributed by atoms with E-state index in [0.29, 0.717) is 19.6 Å². The standard InChI is InChI=1S/C16H25N3O3/c1-10-13(11(2)19-18-10)7-16(20)17-14-5-6-21-9-15(14)22-8-12-3-4-12/h12,14-15H,3-9H2,1-2H3,(H,17,20)(H,18,19)/t14-,15-/m1/s1. The number of aromatic nitrogens is 2. The minimum atomic E-state index is -0.0233. The number of hydrogen-bond donors (Lipinski definition) is 2. The number of amides is 1. The highest BCUT2D eigenvalue weighted by molar-refractivity contribution is 5.79. The van der Waals surface area contributed by atoms with E-state index in [1.54, 1.807) is 0 Å². The highest BCUT2D eigenvalue weighted by Gasteiger charge is 2.30. The second kappa shape index (κ2) is 6.79. The normalized spacial score (nSPS) is 25.2. The molecule has 1 saturated heterocycles. The number of ether oxygens (including phenoxy) is 2. The first kappa shape index (κ1) is 15.5. The van der Waals surface area contributed by atoms with Crippen molar-refractivity contribution in [3.05, 3.63) is 17.0 Å². The van der Waals surface area contributed by atoms with Crippen LogP contribution in [0.4, 0.5) is 0 Å². The number of nitrogens with zero attached hydrogens (tertiary/aromatic N) is 1. The summed E-state index contributed by atoms with van der Waals surface area (Å²) in [7, 11) is 0. The molecule has 2 fully saturated rings. The van der Waals surface area contributed by atoms with E-state index in [0.717, 1.165) is 35.9 Å². The van der Waals surface area contributed by atoms with E-state index in [4.69, 9.17) is 9.47 Å². The molecule has 22 heavy (non-hydrogen) atoms. The highest BCUT2D eigenvalue weighted by Crippen LogP contribution is 2.29. The molecule has 0 radical (unpaired) electrons. The fourth-order valence-corrected chi connectivity index (χ4v) is 2.84. The Labute approximate surface area is 130 Å². The fourth-order valence-electron chi connectivity index (χ4n) is 2.84. The Morgan fingerprint density at radius 2 is 2.23 bits per heavy atom. The Morgan fingerprint density at radius 1 is 1.41 bits per heavy atom. The van der Waals surface area contributed by atoms with Gasteiger partial charge in [0.15, 0.2) is 0 Å². The summed E-state index contributed by atoms with van der Waals surface area (Å²) >= 11 is 0. The van der Waals surface area contributed by atoms with Gasteiger partial charge < -0.3 is 14.8 Å². The first-order chi connectivity index (χ1) is 10.6. The molecular formula is C16H25N3O3. The molecule has 6 nitrogen and oxygen atoms in total. The number of H-pyrrole nitrogens is 1. The van der Waals surface area contributed by atoms with Crippen LogP contribution in [0.15, 0.2) is 0 Å². The maximum Gasteiger partial charge on any atom is 0.224 e. The predicted octanol–water partition coefficient (Wildman–Crippen LogP) is 1.27. The van der Waals surface area contributed by atoms with Crippen molar-refractivity contribution in [2.24, 2.45) is 5.92 Å². The van der Waals surface area contributed by atoms with Crippen molar-refractivity contribution in [3.63, 3.8) is 0 Å². The summed E-state index contributed by atoms with van der Waals surface area (Å²) in [6, 6.07) is 0.0486. The molecule has 0 spiro atoms. The highest BCUT2D eigenvalue weighted by atomic mass is 16.5. The molecule has 1 aromatic rings. The second-order valence-electron chi connectivity index (χ2n) is 6.44. The van der Waals surface area contributed by atoms with Crippen LogP contribution in [0.2, 0.25) is 0 Å². The maximum atomic E-state index is 12.3. The van der Waals surface area contributed by atoms with E-state index in [9.17, 15) is 4.79 Å². The van der Waals surface area contributed by atoms with Gasteiger partial charge in [-0.1, -0.05) is 0 Å². The van der Waals surface area contributed by atoms with Gasteiger partial charge in [0.05, 0.1) is 24.8 Å². The summed E-state index contributed by atoms with van der Waals surface area (Å²) in [5.74, 6) is 0.744. The SMILES string of the molecule is Cc1n[nH]c(C)c1CC(=O)N[C@@H]1CCOC[C@H]1OCC1CC1. The van der Waals surface area contributed by atoms with E-state index in [-0.39, 0.29) is 18.1 Å². The molecule has 3 rings (SSSR count). The Bertz CT molecular complexity index is 505. The average Bonchev–Trinajstić information content (AvgIpc) is 3.28.